The Kier molecular flexibility index (Phi) is 3.51. The van der Waals surface area contributed by atoms with E-state index < -0.39 is 0 Å². The Hall–Kier alpha value is -2.77. The fraction of sp³-hybridized carbons (Fsp3) is 0.100. The fourth-order valence-corrected chi connectivity index (χ4v) is 3.96. The lowest BCUT2D eigenvalue weighted by Gasteiger charge is -2.09. The number of fused-ring (bicyclic) bond motifs is 3. The molecule has 0 saturated carbocycles. The van der Waals surface area contributed by atoms with Crippen LogP contribution in [0.1, 0.15) is 5.56 Å². The standard InChI is InChI=1S/C20H15N3S/c1-23-18-15-11-7-6-10-14(15)16(12-21)19(24-2)17(18)22-20(23)13-8-4-3-5-9-13/h3-11H,1-2H3. The predicted octanol–water partition coefficient (Wildman–Crippen LogP) is 4.99. The first-order valence-corrected chi connectivity index (χ1v) is 8.89. The molecule has 0 spiro atoms. The lowest BCUT2D eigenvalue weighted by Crippen LogP contribution is -1.94. The van der Waals surface area contributed by atoms with Crippen molar-refractivity contribution in [3.63, 3.8) is 0 Å². The van der Waals surface area contributed by atoms with Crippen molar-refractivity contribution in [3.8, 4) is 17.5 Å². The average Bonchev–Trinajstić information content (AvgIpc) is 2.98. The lowest BCUT2D eigenvalue weighted by molar-refractivity contribution is 0.962. The molecule has 0 aliphatic rings. The topological polar surface area (TPSA) is 41.6 Å². The van der Waals surface area contributed by atoms with Crippen LogP contribution in [-0.2, 0) is 7.05 Å². The van der Waals surface area contributed by atoms with Crippen molar-refractivity contribution >= 4 is 33.6 Å². The Balaban J connectivity index is 2.22. The van der Waals surface area contributed by atoms with Crippen molar-refractivity contribution in [1.82, 2.24) is 9.55 Å². The van der Waals surface area contributed by atoms with Crippen LogP contribution in [0.25, 0.3) is 33.2 Å². The molecule has 0 aliphatic carbocycles. The van der Waals surface area contributed by atoms with Crippen molar-refractivity contribution in [2.45, 2.75) is 4.90 Å². The van der Waals surface area contributed by atoms with E-state index in [-0.39, 0.29) is 0 Å². The Labute approximate surface area is 144 Å². The number of thioether (sulfide) groups is 1. The number of hydrogen-bond donors (Lipinski definition) is 0. The van der Waals surface area contributed by atoms with Crippen LogP contribution in [-0.4, -0.2) is 15.8 Å². The van der Waals surface area contributed by atoms with E-state index in [9.17, 15) is 5.26 Å². The molecule has 0 unspecified atom stereocenters. The van der Waals surface area contributed by atoms with Crippen LogP contribution < -0.4 is 0 Å². The summed E-state index contributed by atoms with van der Waals surface area (Å²) < 4.78 is 2.13. The van der Waals surface area contributed by atoms with E-state index in [0.717, 1.165) is 38.1 Å². The molecule has 0 aliphatic heterocycles. The zero-order valence-corrected chi connectivity index (χ0v) is 14.3. The highest BCUT2D eigenvalue weighted by Gasteiger charge is 2.20. The first-order valence-electron chi connectivity index (χ1n) is 7.67. The molecule has 0 fully saturated rings. The number of aryl methyl sites for hydroxylation is 1. The molecule has 0 radical (unpaired) electrons. The van der Waals surface area contributed by atoms with Crippen LogP contribution in [0.4, 0.5) is 0 Å². The molecule has 3 nitrogen and oxygen atoms in total. The molecular weight excluding hydrogens is 314 g/mol. The van der Waals surface area contributed by atoms with Gasteiger partial charge in [0.05, 0.1) is 16.0 Å². The maximum Gasteiger partial charge on any atom is 0.140 e. The molecule has 0 atom stereocenters. The molecule has 1 heterocycles. The highest BCUT2D eigenvalue weighted by molar-refractivity contribution is 7.98. The maximum atomic E-state index is 9.70. The normalized spacial score (nSPS) is 11.0. The van der Waals surface area contributed by atoms with Gasteiger partial charge in [-0.15, -0.1) is 11.8 Å². The molecule has 0 N–H and O–H groups in total. The second kappa shape index (κ2) is 5.70. The summed E-state index contributed by atoms with van der Waals surface area (Å²) in [4.78, 5) is 5.85. The van der Waals surface area contributed by atoms with Crippen molar-refractivity contribution in [2.24, 2.45) is 7.05 Å². The summed E-state index contributed by atoms with van der Waals surface area (Å²) in [7, 11) is 2.04. The highest BCUT2D eigenvalue weighted by Crippen LogP contribution is 2.38. The Morgan fingerprint density at radius 3 is 2.33 bits per heavy atom. The summed E-state index contributed by atoms with van der Waals surface area (Å²) in [6.45, 7) is 0. The first kappa shape index (κ1) is 14.8. The molecular formula is C20H15N3S. The van der Waals surface area contributed by atoms with E-state index in [4.69, 9.17) is 4.98 Å². The summed E-state index contributed by atoms with van der Waals surface area (Å²) in [5.41, 5.74) is 3.76. The number of benzene rings is 3. The van der Waals surface area contributed by atoms with Crippen molar-refractivity contribution in [3.05, 3.63) is 60.2 Å². The van der Waals surface area contributed by atoms with Gasteiger partial charge < -0.3 is 4.57 Å². The van der Waals surface area contributed by atoms with E-state index in [2.05, 4.69) is 28.8 Å². The summed E-state index contributed by atoms with van der Waals surface area (Å²) in [6.07, 6.45) is 2.00. The Morgan fingerprint density at radius 2 is 1.67 bits per heavy atom. The summed E-state index contributed by atoms with van der Waals surface area (Å²) in [5, 5.41) is 11.8. The number of aromatic nitrogens is 2. The number of hydrogen-bond acceptors (Lipinski definition) is 3. The molecule has 0 saturated heterocycles. The van der Waals surface area contributed by atoms with Gasteiger partial charge in [-0.25, -0.2) is 4.98 Å². The zero-order chi connectivity index (χ0) is 16.7. The van der Waals surface area contributed by atoms with Gasteiger partial charge in [-0.2, -0.15) is 5.26 Å². The quantitative estimate of drug-likeness (QED) is 0.487. The minimum Gasteiger partial charge on any atom is -0.327 e. The van der Waals surface area contributed by atoms with Gasteiger partial charge in [0.15, 0.2) is 0 Å². The van der Waals surface area contributed by atoms with Crippen LogP contribution in [0.2, 0.25) is 0 Å². The van der Waals surface area contributed by atoms with Crippen molar-refractivity contribution in [1.29, 1.82) is 5.26 Å². The molecule has 24 heavy (non-hydrogen) atoms. The molecule has 3 aromatic carbocycles. The molecule has 4 heteroatoms. The van der Waals surface area contributed by atoms with Gasteiger partial charge in [-0.1, -0.05) is 54.6 Å². The average molecular weight is 329 g/mol. The summed E-state index contributed by atoms with van der Waals surface area (Å²) in [6, 6.07) is 20.6. The molecule has 0 bridgehead atoms. The Morgan fingerprint density at radius 1 is 1.00 bits per heavy atom. The zero-order valence-electron chi connectivity index (χ0n) is 13.4. The fourth-order valence-electron chi connectivity index (χ4n) is 3.27. The van der Waals surface area contributed by atoms with Crippen LogP contribution in [0, 0.1) is 11.3 Å². The number of imidazole rings is 1. The minimum absolute atomic E-state index is 0.711. The van der Waals surface area contributed by atoms with E-state index in [1.165, 1.54) is 0 Å². The molecule has 116 valence electrons. The molecule has 4 aromatic rings. The van der Waals surface area contributed by atoms with E-state index in [1.54, 1.807) is 11.8 Å². The molecule has 4 rings (SSSR count). The van der Waals surface area contributed by atoms with Crippen LogP contribution >= 0.6 is 11.8 Å². The molecule has 0 amide bonds. The summed E-state index contributed by atoms with van der Waals surface area (Å²) >= 11 is 1.58. The first-order chi connectivity index (χ1) is 11.8. The van der Waals surface area contributed by atoms with Gasteiger partial charge in [0.2, 0.25) is 0 Å². The van der Waals surface area contributed by atoms with Crippen molar-refractivity contribution < 1.29 is 0 Å². The van der Waals surface area contributed by atoms with Crippen LogP contribution in [0.15, 0.2) is 59.5 Å². The van der Waals surface area contributed by atoms with Gasteiger partial charge >= 0.3 is 0 Å². The highest BCUT2D eigenvalue weighted by atomic mass is 32.2. The van der Waals surface area contributed by atoms with Gasteiger partial charge in [0.1, 0.15) is 17.4 Å². The minimum atomic E-state index is 0.711. The van der Waals surface area contributed by atoms with Crippen LogP contribution in [0.5, 0.6) is 0 Å². The van der Waals surface area contributed by atoms with Gasteiger partial charge in [-0.3, -0.25) is 0 Å². The third-order valence-corrected chi connectivity index (χ3v) is 5.14. The Bertz CT molecular complexity index is 1100. The van der Waals surface area contributed by atoms with Crippen molar-refractivity contribution in [2.75, 3.05) is 6.26 Å². The SMILES string of the molecule is CSc1c(C#N)c2ccccc2c2c1nc(-c1ccccc1)n2C. The van der Waals surface area contributed by atoms with E-state index >= 15 is 0 Å². The van der Waals surface area contributed by atoms with Gasteiger partial charge in [-0.05, 0) is 6.26 Å². The lowest BCUT2D eigenvalue weighted by atomic mass is 10.0. The third-order valence-electron chi connectivity index (χ3n) is 4.34. The van der Waals surface area contributed by atoms with E-state index in [1.807, 2.05) is 49.7 Å². The van der Waals surface area contributed by atoms with Crippen LogP contribution in [0.3, 0.4) is 0 Å². The monoisotopic (exact) mass is 329 g/mol. The molecule has 1 aromatic heterocycles. The number of rotatable bonds is 2. The predicted molar refractivity (Wildman–Crippen MR) is 100 cm³/mol. The second-order valence-corrected chi connectivity index (χ2v) is 6.44. The largest absolute Gasteiger partial charge is 0.327 e. The summed E-state index contributed by atoms with van der Waals surface area (Å²) in [5.74, 6) is 0.918. The van der Waals surface area contributed by atoms with E-state index in [0.29, 0.717) is 5.56 Å². The third kappa shape index (κ3) is 2.02. The smallest absolute Gasteiger partial charge is 0.140 e. The number of nitriles is 1. The maximum absolute atomic E-state index is 9.70. The van der Waals surface area contributed by atoms with Gasteiger partial charge in [0, 0.05) is 23.4 Å². The van der Waals surface area contributed by atoms with Gasteiger partial charge in [0.25, 0.3) is 0 Å². The number of nitrogens with zero attached hydrogens (tertiary/aromatic N) is 3. The second-order valence-electron chi connectivity index (χ2n) is 5.62.